The molecule has 0 saturated carbocycles. The minimum atomic E-state index is 0.0106. The van der Waals surface area contributed by atoms with Crippen molar-refractivity contribution in [2.45, 2.75) is 19.5 Å². The van der Waals surface area contributed by atoms with Crippen LogP contribution in [0.25, 0.3) is 0 Å². The van der Waals surface area contributed by atoms with E-state index in [1.807, 2.05) is 44.3 Å². The number of methoxy groups -OCH3 is 1. The van der Waals surface area contributed by atoms with Crippen molar-refractivity contribution in [1.29, 1.82) is 0 Å². The molecule has 0 radical (unpaired) electrons. The van der Waals surface area contributed by atoms with Crippen molar-refractivity contribution in [3.63, 3.8) is 0 Å². The summed E-state index contributed by atoms with van der Waals surface area (Å²) in [5.41, 5.74) is 8.13. The quantitative estimate of drug-likeness (QED) is 0.908. The predicted molar refractivity (Wildman–Crippen MR) is 81.9 cm³/mol. The smallest absolute Gasteiger partial charge is 0.128 e. The van der Waals surface area contributed by atoms with Gasteiger partial charge < -0.3 is 15.4 Å². The molecule has 0 spiro atoms. The Bertz CT molecular complexity index is 569. The molecule has 2 rings (SSSR count). The van der Waals surface area contributed by atoms with Gasteiger partial charge in [0.25, 0.3) is 0 Å². The number of benzene rings is 1. The molecule has 1 atom stereocenters. The van der Waals surface area contributed by atoms with E-state index in [0.29, 0.717) is 0 Å². The van der Waals surface area contributed by atoms with E-state index in [0.717, 1.165) is 29.2 Å². The molecule has 0 amide bonds. The summed E-state index contributed by atoms with van der Waals surface area (Å²) in [6.07, 6.45) is 1.80. The van der Waals surface area contributed by atoms with Gasteiger partial charge in [0.05, 0.1) is 7.11 Å². The van der Waals surface area contributed by atoms with Crippen LogP contribution < -0.4 is 15.4 Å². The lowest BCUT2D eigenvalue weighted by atomic mass is 10.1. The fourth-order valence-electron chi connectivity index (χ4n) is 2.10. The van der Waals surface area contributed by atoms with Crippen molar-refractivity contribution in [3.05, 3.63) is 53.7 Å². The summed E-state index contributed by atoms with van der Waals surface area (Å²) in [4.78, 5) is 6.49. The predicted octanol–water partition coefficient (Wildman–Crippen LogP) is 2.75. The second-order valence-electron chi connectivity index (χ2n) is 4.90. The van der Waals surface area contributed by atoms with E-state index >= 15 is 0 Å². The number of anilines is 1. The first-order valence-electron chi connectivity index (χ1n) is 6.66. The number of hydrogen-bond acceptors (Lipinski definition) is 4. The van der Waals surface area contributed by atoms with Crippen LogP contribution in [-0.4, -0.2) is 19.1 Å². The summed E-state index contributed by atoms with van der Waals surface area (Å²) in [7, 11) is 3.70. The van der Waals surface area contributed by atoms with Gasteiger partial charge in [-0.05, 0) is 30.7 Å². The molecule has 1 heterocycles. The molecule has 2 N–H and O–H groups in total. The molecule has 0 aliphatic rings. The minimum absolute atomic E-state index is 0.0106. The van der Waals surface area contributed by atoms with Crippen LogP contribution in [0, 0.1) is 0 Å². The van der Waals surface area contributed by atoms with E-state index in [1.54, 1.807) is 13.3 Å². The molecule has 1 aromatic carbocycles. The van der Waals surface area contributed by atoms with Gasteiger partial charge in [0.1, 0.15) is 11.6 Å². The van der Waals surface area contributed by atoms with E-state index in [1.165, 1.54) is 0 Å². The Balaban J connectivity index is 2.19. The number of hydrogen-bond donors (Lipinski definition) is 1. The van der Waals surface area contributed by atoms with Gasteiger partial charge in [-0.15, -0.1) is 0 Å². The third kappa shape index (κ3) is 3.27. The van der Waals surface area contributed by atoms with Crippen molar-refractivity contribution >= 4 is 5.82 Å². The normalized spacial score (nSPS) is 12.0. The minimum Gasteiger partial charge on any atom is -0.496 e. The molecular formula is C16H21N3O. The number of para-hydroxylation sites is 1. The number of aromatic nitrogens is 1. The van der Waals surface area contributed by atoms with Crippen molar-refractivity contribution in [2.24, 2.45) is 5.73 Å². The Morgan fingerprint density at radius 3 is 2.75 bits per heavy atom. The SMILES string of the molecule is COc1ccccc1CN(C)c1cc([C@@H](C)N)ccn1. The zero-order valence-electron chi connectivity index (χ0n) is 12.2. The molecule has 2 aromatic rings. The largest absolute Gasteiger partial charge is 0.496 e. The van der Waals surface area contributed by atoms with E-state index < -0.39 is 0 Å². The Hall–Kier alpha value is -2.07. The molecule has 0 aliphatic carbocycles. The molecular weight excluding hydrogens is 250 g/mol. The highest BCUT2D eigenvalue weighted by Gasteiger charge is 2.09. The lowest BCUT2D eigenvalue weighted by Gasteiger charge is -2.20. The molecule has 106 valence electrons. The first-order valence-corrected chi connectivity index (χ1v) is 6.66. The molecule has 0 aliphatic heterocycles. The molecule has 0 fully saturated rings. The van der Waals surface area contributed by atoms with Gasteiger partial charge >= 0.3 is 0 Å². The maximum absolute atomic E-state index is 5.91. The fraction of sp³-hybridized carbons (Fsp3) is 0.312. The third-order valence-electron chi connectivity index (χ3n) is 3.29. The number of rotatable bonds is 5. The summed E-state index contributed by atoms with van der Waals surface area (Å²) in [6, 6.07) is 12.0. The summed E-state index contributed by atoms with van der Waals surface area (Å²) < 4.78 is 5.38. The molecule has 0 bridgehead atoms. The van der Waals surface area contributed by atoms with Crippen LogP contribution in [0.5, 0.6) is 5.75 Å². The Morgan fingerprint density at radius 1 is 1.30 bits per heavy atom. The van der Waals surface area contributed by atoms with Gasteiger partial charge in [-0.1, -0.05) is 18.2 Å². The number of pyridine rings is 1. The highest BCUT2D eigenvalue weighted by Crippen LogP contribution is 2.22. The van der Waals surface area contributed by atoms with Crippen molar-refractivity contribution < 1.29 is 4.74 Å². The van der Waals surface area contributed by atoms with Crippen molar-refractivity contribution in [2.75, 3.05) is 19.1 Å². The van der Waals surface area contributed by atoms with E-state index in [9.17, 15) is 0 Å². The van der Waals surface area contributed by atoms with Crippen LogP contribution in [0.4, 0.5) is 5.82 Å². The monoisotopic (exact) mass is 271 g/mol. The Morgan fingerprint density at radius 2 is 2.05 bits per heavy atom. The Kier molecular flexibility index (Phi) is 4.58. The van der Waals surface area contributed by atoms with Crippen molar-refractivity contribution in [1.82, 2.24) is 4.98 Å². The maximum atomic E-state index is 5.91. The fourth-order valence-corrected chi connectivity index (χ4v) is 2.10. The van der Waals surface area contributed by atoms with Crippen molar-refractivity contribution in [3.8, 4) is 5.75 Å². The van der Waals surface area contributed by atoms with Crippen LogP contribution in [0.3, 0.4) is 0 Å². The first kappa shape index (κ1) is 14.3. The average Bonchev–Trinajstić information content (AvgIpc) is 2.48. The summed E-state index contributed by atoms with van der Waals surface area (Å²) in [5.74, 6) is 1.80. The van der Waals surface area contributed by atoms with E-state index in [-0.39, 0.29) is 6.04 Å². The van der Waals surface area contributed by atoms with Crippen LogP contribution in [0.1, 0.15) is 24.1 Å². The van der Waals surface area contributed by atoms with E-state index in [4.69, 9.17) is 10.5 Å². The Labute approximate surface area is 120 Å². The molecule has 4 heteroatoms. The highest BCUT2D eigenvalue weighted by atomic mass is 16.5. The van der Waals surface area contributed by atoms with Gasteiger partial charge in [-0.3, -0.25) is 0 Å². The lowest BCUT2D eigenvalue weighted by Crippen LogP contribution is -2.18. The molecule has 0 unspecified atom stereocenters. The molecule has 4 nitrogen and oxygen atoms in total. The third-order valence-corrected chi connectivity index (χ3v) is 3.29. The van der Waals surface area contributed by atoms with Gasteiger partial charge in [0.2, 0.25) is 0 Å². The van der Waals surface area contributed by atoms with Crippen LogP contribution in [0.2, 0.25) is 0 Å². The van der Waals surface area contributed by atoms with Gasteiger partial charge in [0, 0.05) is 31.4 Å². The second kappa shape index (κ2) is 6.39. The maximum Gasteiger partial charge on any atom is 0.128 e. The van der Waals surface area contributed by atoms with Gasteiger partial charge in [0.15, 0.2) is 0 Å². The number of nitrogens with two attached hydrogens (primary N) is 1. The zero-order chi connectivity index (χ0) is 14.5. The average molecular weight is 271 g/mol. The van der Waals surface area contributed by atoms with Gasteiger partial charge in [-0.25, -0.2) is 4.98 Å². The van der Waals surface area contributed by atoms with Crippen LogP contribution >= 0.6 is 0 Å². The summed E-state index contributed by atoms with van der Waals surface area (Å²) in [6.45, 7) is 2.71. The standard InChI is InChI=1S/C16H21N3O/c1-12(17)13-8-9-18-16(10-13)19(2)11-14-6-4-5-7-15(14)20-3/h4-10,12H,11,17H2,1-3H3/t12-/m1/s1. The first-order chi connectivity index (χ1) is 9.61. The zero-order valence-corrected chi connectivity index (χ0v) is 12.2. The summed E-state index contributed by atoms with van der Waals surface area (Å²) in [5, 5.41) is 0. The summed E-state index contributed by atoms with van der Waals surface area (Å²) >= 11 is 0. The van der Waals surface area contributed by atoms with Crippen LogP contribution in [-0.2, 0) is 6.54 Å². The van der Waals surface area contributed by atoms with Gasteiger partial charge in [-0.2, -0.15) is 0 Å². The number of nitrogens with zero attached hydrogens (tertiary/aromatic N) is 2. The van der Waals surface area contributed by atoms with Crippen LogP contribution in [0.15, 0.2) is 42.6 Å². The molecule has 1 aromatic heterocycles. The molecule has 0 saturated heterocycles. The highest BCUT2D eigenvalue weighted by molar-refractivity contribution is 5.44. The number of ether oxygens (including phenoxy) is 1. The lowest BCUT2D eigenvalue weighted by molar-refractivity contribution is 0.409. The topological polar surface area (TPSA) is 51.4 Å². The second-order valence-corrected chi connectivity index (χ2v) is 4.90. The van der Waals surface area contributed by atoms with E-state index in [2.05, 4.69) is 16.0 Å². The molecule has 20 heavy (non-hydrogen) atoms.